The summed E-state index contributed by atoms with van der Waals surface area (Å²) in [7, 11) is 0. The average molecular weight is 274 g/mol. The van der Waals surface area contributed by atoms with Gasteiger partial charge in [0.2, 0.25) is 0 Å². The summed E-state index contributed by atoms with van der Waals surface area (Å²) in [6.45, 7) is 0.0865. The van der Waals surface area contributed by atoms with Crippen molar-refractivity contribution < 1.29 is 13.2 Å². The van der Waals surface area contributed by atoms with Gasteiger partial charge in [-0.3, -0.25) is 0 Å². The highest BCUT2D eigenvalue weighted by Gasteiger charge is 2.39. The van der Waals surface area contributed by atoms with Gasteiger partial charge in [0, 0.05) is 23.7 Å². The molecule has 0 saturated carbocycles. The molecule has 0 radical (unpaired) electrons. The molecule has 0 aliphatic carbocycles. The normalized spacial score (nSPS) is 13.0. The van der Waals surface area contributed by atoms with Gasteiger partial charge in [0.05, 0.1) is 6.07 Å². The average Bonchev–Trinajstić information content (AvgIpc) is 2.33. The molecule has 6 heteroatoms. The number of hydrogen-bond acceptors (Lipinski definition) is 3. The third-order valence-electron chi connectivity index (χ3n) is 2.19. The molecule has 1 aromatic rings. The minimum absolute atomic E-state index is 0.352. The van der Waals surface area contributed by atoms with Gasteiger partial charge in [-0.2, -0.15) is 18.4 Å². The number of thioether (sulfide) groups is 1. The Balaban J connectivity index is 2.18. The maximum Gasteiger partial charge on any atom is 0.405 e. The molecule has 0 aliphatic heterocycles. The van der Waals surface area contributed by atoms with E-state index in [4.69, 9.17) is 5.26 Å². The fourth-order valence-corrected chi connectivity index (χ4v) is 2.07. The van der Waals surface area contributed by atoms with Crippen molar-refractivity contribution in [3.63, 3.8) is 0 Å². The Kier molecular flexibility index (Phi) is 6.02. The van der Waals surface area contributed by atoms with E-state index in [1.54, 1.807) is 11.8 Å². The fraction of sp³-hybridized carbons (Fsp3) is 0.417. The Hall–Kier alpha value is -1.19. The van der Waals surface area contributed by atoms with Crippen LogP contribution in [0.25, 0.3) is 0 Å². The molecule has 1 rings (SSSR count). The molecule has 0 saturated heterocycles. The minimum atomic E-state index is -4.45. The lowest BCUT2D eigenvalue weighted by Gasteiger charge is -2.13. The topological polar surface area (TPSA) is 35.8 Å². The van der Waals surface area contributed by atoms with Crippen LogP contribution in [0.15, 0.2) is 35.2 Å². The smallest absolute Gasteiger partial charge is 0.314 e. The van der Waals surface area contributed by atoms with Crippen LogP contribution in [-0.2, 0) is 0 Å². The first-order valence-corrected chi connectivity index (χ1v) is 6.37. The second-order valence-electron chi connectivity index (χ2n) is 3.59. The summed E-state index contributed by atoms with van der Waals surface area (Å²) in [5, 5.41) is 11.0. The summed E-state index contributed by atoms with van der Waals surface area (Å²) in [6.07, 6.45) is -4.45. The Morgan fingerprint density at radius 3 is 2.50 bits per heavy atom. The number of rotatable bonds is 6. The lowest BCUT2D eigenvalue weighted by Crippen LogP contribution is -2.33. The zero-order chi connectivity index (χ0) is 13.4. The molecule has 0 bridgehead atoms. The first-order valence-electron chi connectivity index (χ1n) is 5.39. The number of halogens is 3. The van der Waals surface area contributed by atoms with Crippen molar-refractivity contribution in [3.8, 4) is 6.07 Å². The van der Waals surface area contributed by atoms with Crippen LogP contribution in [0.1, 0.15) is 0 Å². The van der Waals surface area contributed by atoms with Gasteiger partial charge >= 0.3 is 6.18 Å². The molecular formula is C12H13F3N2S. The van der Waals surface area contributed by atoms with E-state index in [-0.39, 0.29) is 6.54 Å². The van der Waals surface area contributed by atoms with Gasteiger partial charge in [-0.05, 0) is 12.1 Å². The Morgan fingerprint density at radius 1 is 1.28 bits per heavy atom. The maximum absolute atomic E-state index is 12.2. The first-order chi connectivity index (χ1) is 8.54. The van der Waals surface area contributed by atoms with E-state index in [9.17, 15) is 13.2 Å². The van der Waals surface area contributed by atoms with Crippen LogP contribution >= 0.6 is 11.8 Å². The van der Waals surface area contributed by atoms with E-state index in [1.165, 1.54) is 6.07 Å². The Morgan fingerprint density at radius 2 is 1.94 bits per heavy atom. The maximum atomic E-state index is 12.2. The van der Waals surface area contributed by atoms with Crippen LogP contribution in [0.4, 0.5) is 13.2 Å². The SMILES string of the molecule is N#CC(CNCCSc1ccccc1)C(F)(F)F. The highest BCUT2D eigenvalue weighted by atomic mass is 32.2. The summed E-state index contributed by atoms with van der Waals surface area (Å²) in [6, 6.07) is 10.9. The van der Waals surface area contributed by atoms with E-state index < -0.39 is 12.1 Å². The van der Waals surface area contributed by atoms with E-state index in [0.29, 0.717) is 12.3 Å². The standard InChI is InChI=1S/C12H13F3N2S/c13-12(14,15)10(8-16)9-17-6-7-18-11-4-2-1-3-5-11/h1-5,10,17H,6-7,9H2. The lowest BCUT2D eigenvalue weighted by atomic mass is 10.1. The molecule has 0 aromatic heterocycles. The van der Waals surface area contributed by atoms with E-state index >= 15 is 0 Å². The van der Waals surface area contributed by atoms with Crippen LogP contribution < -0.4 is 5.32 Å². The summed E-state index contributed by atoms with van der Waals surface area (Å²) in [5.74, 6) is -1.26. The van der Waals surface area contributed by atoms with Gasteiger partial charge in [0.1, 0.15) is 0 Å². The number of nitriles is 1. The van der Waals surface area contributed by atoms with Gasteiger partial charge in [0.15, 0.2) is 5.92 Å². The van der Waals surface area contributed by atoms with Crippen molar-refractivity contribution in [3.05, 3.63) is 30.3 Å². The van der Waals surface area contributed by atoms with Gasteiger partial charge in [-0.25, -0.2) is 0 Å². The third-order valence-corrected chi connectivity index (χ3v) is 3.20. The number of alkyl halides is 3. The molecule has 0 spiro atoms. The molecule has 0 amide bonds. The zero-order valence-corrected chi connectivity index (χ0v) is 10.4. The molecule has 1 atom stereocenters. The van der Waals surface area contributed by atoms with Crippen LogP contribution in [0, 0.1) is 17.2 Å². The summed E-state index contributed by atoms with van der Waals surface area (Å²) in [4.78, 5) is 1.08. The fourth-order valence-electron chi connectivity index (χ4n) is 1.24. The minimum Gasteiger partial charge on any atom is -0.314 e. The van der Waals surface area contributed by atoms with Crippen LogP contribution in [0.3, 0.4) is 0 Å². The van der Waals surface area contributed by atoms with Crippen molar-refractivity contribution in [2.24, 2.45) is 5.92 Å². The molecule has 98 valence electrons. The van der Waals surface area contributed by atoms with Crippen LogP contribution in [0.5, 0.6) is 0 Å². The van der Waals surface area contributed by atoms with E-state index in [1.807, 2.05) is 30.3 Å². The van der Waals surface area contributed by atoms with Crippen molar-refractivity contribution in [2.75, 3.05) is 18.8 Å². The zero-order valence-electron chi connectivity index (χ0n) is 9.57. The van der Waals surface area contributed by atoms with E-state index in [2.05, 4.69) is 5.32 Å². The summed E-state index contributed by atoms with van der Waals surface area (Å²) >= 11 is 1.56. The highest BCUT2D eigenvalue weighted by molar-refractivity contribution is 7.99. The molecule has 1 unspecified atom stereocenters. The van der Waals surface area contributed by atoms with Crippen molar-refractivity contribution in [1.82, 2.24) is 5.32 Å². The van der Waals surface area contributed by atoms with Gasteiger partial charge < -0.3 is 5.32 Å². The molecule has 2 nitrogen and oxygen atoms in total. The second kappa shape index (κ2) is 7.29. The molecule has 0 aliphatic rings. The second-order valence-corrected chi connectivity index (χ2v) is 4.76. The number of hydrogen-bond donors (Lipinski definition) is 1. The summed E-state index contributed by atoms with van der Waals surface area (Å²) < 4.78 is 36.7. The molecule has 0 fully saturated rings. The van der Waals surface area contributed by atoms with Crippen LogP contribution in [-0.4, -0.2) is 25.0 Å². The quantitative estimate of drug-likeness (QED) is 0.639. The predicted molar refractivity (Wildman–Crippen MR) is 65.2 cm³/mol. The van der Waals surface area contributed by atoms with Gasteiger partial charge in [0.25, 0.3) is 0 Å². The summed E-state index contributed by atoms with van der Waals surface area (Å²) in [5.41, 5.74) is 0. The first kappa shape index (κ1) is 14.9. The van der Waals surface area contributed by atoms with Crippen molar-refractivity contribution >= 4 is 11.8 Å². The van der Waals surface area contributed by atoms with Gasteiger partial charge in [-0.15, -0.1) is 11.8 Å². The monoisotopic (exact) mass is 274 g/mol. The Bertz CT molecular complexity index is 387. The van der Waals surface area contributed by atoms with Crippen molar-refractivity contribution in [2.45, 2.75) is 11.1 Å². The predicted octanol–water partition coefficient (Wildman–Crippen LogP) is 3.07. The Labute approximate surface area is 108 Å². The molecule has 1 N–H and O–H groups in total. The highest BCUT2D eigenvalue weighted by Crippen LogP contribution is 2.24. The number of nitrogens with zero attached hydrogens (tertiary/aromatic N) is 1. The largest absolute Gasteiger partial charge is 0.405 e. The molecule has 0 heterocycles. The molecule has 1 aromatic carbocycles. The lowest BCUT2D eigenvalue weighted by molar-refractivity contribution is -0.157. The third kappa shape index (κ3) is 5.43. The van der Waals surface area contributed by atoms with Crippen molar-refractivity contribution in [1.29, 1.82) is 5.26 Å². The molecular weight excluding hydrogens is 261 g/mol. The van der Waals surface area contributed by atoms with Crippen LogP contribution in [0.2, 0.25) is 0 Å². The van der Waals surface area contributed by atoms with Gasteiger partial charge in [-0.1, -0.05) is 18.2 Å². The van der Waals surface area contributed by atoms with E-state index in [0.717, 1.165) is 4.90 Å². The molecule has 18 heavy (non-hydrogen) atoms. The number of nitrogens with one attached hydrogen (secondary N) is 1. The number of benzene rings is 1.